The molecule has 0 saturated heterocycles. The lowest BCUT2D eigenvalue weighted by molar-refractivity contribution is 0.233. The Balaban J connectivity index is 1.73. The quantitative estimate of drug-likeness (QED) is 0.917. The number of nitrogens with zero attached hydrogens (tertiary/aromatic N) is 3. The van der Waals surface area contributed by atoms with E-state index in [1.807, 2.05) is 16.8 Å². The normalized spacial score (nSPS) is 18.6. The molecule has 4 nitrogen and oxygen atoms in total. The van der Waals surface area contributed by atoms with Gasteiger partial charge in [0.2, 0.25) is 5.95 Å². The van der Waals surface area contributed by atoms with E-state index in [0.29, 0.717) is 5.41 Å². The van der Waals surface area contributed by atoms with Crippen molar-refractivity contribution < 1.29 is 0 Å². The molecule has 4 heteroatoms. The van der Waals surface area contributed by atoms with E-state index in [0.717, 1.165) is 23.7 Å². The van der Waals surface area contributed by atoms with Crippen molar-refractivity contribution in [1.29, 1.82) is 0 Å². The van der Waals surface area contributed by atoms with Crippen molar-refractivity contribution in [2.75, 3.05) is 11.9 Å². The number of anilines is 1. The highest BCUT2D eigenvalue weighted by Gasteiger charge is 2.26. The Morgan fingerprint density at radius 2 is 2.11 bits per heavy atom. The maximum atomic E-state index is 4.57. The molecule has 2 heterocycles. The van der Waals surface area contributed by atoms with Crippen LogP contribution in [0.25, 0.3) is 5.65 Å². The lowest BCUT2D eigenvalue weighted by Gasteiger charge is -2.33. The number of pyridine rings is 1. The predicted molar refractivity (Wildman–Crippen MR) is 77.4 cm³/mol. The summed E-state index contributed by atoms with van der Waals surface area (Å²) < 4.78 is 1.85. The first-order chi connectivity index (χ1) is 9.16. The number of nitrogens with one attached hydrogen (secondary N) is 1. The molecule has 2 aromatic rings. The molecular weight excluding hydrogens is 236 g/mol. The summed E-state index contributed by atoms with van der Waals surface area (Å²) in [6.07, 6.45) is 8.68. The number of hydrogen-bond donors (Lipinski definition) is 1. The number of aryl methyl sites for hydroxylation is 1. The Morgan fingerprint density at radius 3 is 2.84 bits per heavy atom. The highest BCUT2D eigenvalue weighted by molar-refractivity contribution is 5.49. The Kier molecular flexibility index (Phi) is 3.17. The summed E-state index contributed by atoms with van der Waals surface area (Å²) in [4.78, 5) is 4.57. The zero-order chi connectivity index (χ0) is 13.3. The number of hydrogen-bond acceptors (Lipinski definition) is 3. The van der Waals surface area contributed by atoms with Crippen molar-refractivity contribution in [3.63, 3.8) is 0 Å². The molecular formula is C15H22N4. The van der Waals surface area contributed by atoms with Gasteiger partial charge in [0, 0.05) is 12.7 Å². The molecule has 1 N–H and O–H groups in total. The van der Waals surface area contributed by atoms with Crippen LogP contribution in [-0.2, 0) is 0 Å². The highest BCUT2D eigenvalue weighted by Crippen LogP contribution is 2.35. The van der Waals surface area contributed by atoms with Gasteiger partial charge >= 0.3 is 0 Å². The van der Waals surface area contributed by atoms with Gasteiger partial charge in [-0.05, 0) is 36.8 Å². The molecule has 0 spiro atoms. The molecule has 102 valence electrons. The summed E-state index contributed by atoms with van der Waals surface area (Å²) >= 11 is 0. The van der Waals surface area contributed by atoms with E-state index < -0.39 is 0 Å². The van der Waals surface area contributed by atoms with Crippen LogP contribution >= 0.6 is 0 Å². The van der Waals surface area contributed by atoms with E-state index in [2.05, 4.69) is 35.3 Å². The topological polar surface area (TPSA) is 42.2 Å². The molecule has 3 rings (SSSR count). The fraction of sp³-hybridized carbons (Fsp3) is 0.600. The monoisotopic (exact) mass is 258 g/mol. The van der Waals surface area contributed by atoms with Crippen LogP contribution < -0.4 is 5.32 Å². The van der Waals surface area contributed by atoms with Crippen LogP contribution in [0.3, 0.4) is 0 Å². The molecule has 19 heavy (non-hydrogen) atoms. The van der Waals surface area contributed by atoms with Gasteiger partial charge in [-0.1, -0.05) is 32.3 Å². The molecule has 0 amide bonds. The first kappa shape index (κ1) is 12.5. The van der Waals surface area contributed by atoms with Crippen molar-refractivity contribution in [2.24, 2.45) is 5.41 Å². The highest BCUT2D eigenvalue weighted by atomic mass is 15.3. The second-order valence-electron chi connectivity index (χ2n) is 6.12. The van der Waals surface area contributed by atoms with Gasteiger partial charge in [-0.25, -0.2) is 4.52 Å². The summed E-state index contributed by atoms with van der Waals surface area (Å²) in [5.41, 5.74) is 2.51. The third-order valence-corrected chi connectivity index (χ3v) is 4.29. The van der Waals surface area contributed by atoms with Gasteiger partial charge in [0.05, 0.1) is 0 Å². The molecule has 1 aliphatic carbocycles. The van der Waals surface area contributed by atoms with Gasteiger partial charge < -0.3 is 5.32 Å². The number of fused-ring (bicyclic) bond motifs is 1. The Labute approximate surface area is 114 Å². The molecule has 0 radical (unpaired) electrons. The first-order valence-electron chi connectivity index (χ1n) is 7.22. The number of rotatable bonds is 3. The predicted octanol–water partition coefficient (Wildman–Crippen LogP) is 3.42. The van der Waals surface area contributed by atoms with Gasteiger partial charge in [0.25, 0.3) is 0 Å². The third kappa shape index (κ3) is 2.57. The Morgan fingerprint density at radius 1 is 1.32 bits per heavy atom. The third-order valence-electron chi connectivity index (χ3n) is 4.29. The largest absolute Gasteiger partial charge is 0.352 e. The summed E-state index contributed by atoms with van der Waals surface area (Å²) in [6.45, 7) is 5.42. The van der Waals surface area contributed by atoms with Crippen molar-refractivity contribution in [3.8, 4) is 0 Å². The minimum atomic E-state index is 0.408. The molecule has 0 bridgehead atoms. The average molecular weight is 258 g/mol. The molecule has 1 saturated carbocycles. The maximum absolute atomic E-state index is 4.57. The van der Waals surface area contributed by atoms with E-state index in [1.165, 1.54) is 32.1 Å². The molecule has 1 aliphatic rings. The van der Waals surface area contributed by atoms with Crippen LogP contribution in [0.4, 0.5) is 5.95 Å². The zero-order valence-electron chi connectivity index (χ0n) is 11.8. The van der Waals surface area contributed by atoms with E-state index in [9.17, 15) is 0 Å². The van der Waals surface area contributed by atoms with E-state index in [1.54, 1.807) is 0 Å². The first-order valence-corrected chi connectivity index (χ1v) is 7.22. The standard InChI is InChI=1S/C15H22N4/c1-12-7-6-10-19-13(12)17-14(18-19)16-11-15(2)8-4-3-5-9-15/h6-7,10H,3-5,8-9,11H2,1-2H3,(H,16,18). The summed E-state index contributed by atoms with van der Waals surface area (Å²) in [5.74, 6) is 0.751. The lowest BCUT2D eigenvalue weighted by atomic mass is 9.76. The van der Waals surface area contributed by atoms with Crippen molar-refractivity contribution in [1.82, 2.24) is 14.6 Å². The Hall–Kier alpha value is -1.58. The molecule has 0 atom stereocenters. The van der Waals surface area contributed by atoms with Gasteiger partial charge in [0.1, 0.15) is 0 Å². The second-order valence-corrected chi connectivity index (χ2v) is 6.12. The summed E-state index contributed by atoms with van der Waals surface area (Å²) in [6, 6.07) is 4.07. The smallest absolute Gasteiger partial charge is 0.243 e. The summed E-state index contributed by atoms with van der Waals surface area (Å²) in [7, 11) is 0. The van der Waals surface area contributed by atoms with Gasteiger partial charge in [-0.2, -0.15) is 4.98 Å². The van der Waals surface area contributed by atoms with Crippen LogP contribution in [0, 0.1) is 12.3 Å². The van der Waals surface area contributed by atoms with Crippen molar-refractivity contribution >= 4 is 11.6 Å². The SMILES string of the molecule is Cc1cccn2nc(NCC3(C)CCCCC3)nc12. The average Bonchev–Trinajstić information content (AvgIpc) is 2.82. The van der Waals surface area contributed by atoms with Crippen LogP contribution in [0.1, 0.15) is 44.6 Å². The summed E-state index contributed by atoms with van der Waals surface area (Å²) in [5, 5.41) is 7.91. The molecule has 0 unspecified atom stereocenters. The van der Waals surface area contributed by atoms with Crippen LogP contribution in [0.15, 0.2) is 18.3 Å². The van der Waals surface area contributed by atoms with Crippen LogP contribution in [0.2, 0.25) is 0 Å². The van der Waals surface area contributed by atoms with E-state index in [4.69, 9.17) is 0 Å². The van der Waals surface area contributed by atoms with Gasteiger partial charge in [-0.3, -0.25) is 0 Å². The zero-order valence-corrected chi connectivity index (χ0v) is 11.8. The van der Waals surface area contributed by atoms with Crippen molar-refractivity contribution in [2.45, 2.75) is 46.0 Å². The lowest BCUT2D eigenvalue weighted by Crippen LogP contribution is -2.29. The maximum Gasteiger partial charge on any atom is 0.243 e. The minimum absolute atomic E-state index is 0.408. The molecule has 0 aromatic carbocycles. The van der Waals surface area contributed by atoms with Crippen LogP contribution in [0.5, 0.6) is 0 Å². The van der Waals surface area contributed by atoms with E-state index in [-0.39, 0.29) is 0 Å². The number of aromatic nitrogens is 3. The molecule has 2 aromatic heterocycles. The second kappa shape index (κ2) is 4.83. The van der Waals surface area contributed by atoms with Crippen LogP contribution in [-0.4, -0.2) is 21.1 Å². The Bertz CT molecular complexity index is 567. The van der Waals surface area contributed by atoms with Gasteiger partial charge in [-0.15, -0.1) is 5.10 Å². The van der Waals surface area contributed by atoms with Gasteiger partial charge in [0.15, 0.2) is 5.65 Å². The van der Waals surface area contributed by atoms with E-state index >= 15 is 0 Å². The molecule has 1 fully saturated rings. The fourth-order valence-corrected chi connectivity index (χ4v) is 2.99. The minimum Gasteiger partial charge on any atom is -0.352 e. The molecule has 0 aliphatic heterocycles. The fourth-order valence-electron chi connectivity index (χ4n) is 2.99. The van der Waals surface area contributed by atoms with Crippen molar-refractivity contribution in [3.05, 3.63) is 23.9 Å².